The maximum Gasteiger partial charge on any atom is 0.272 e. The van der Waals surface area contributed by atoms with E-state index in [1.165, 1.54) is 0 Å². The van der Waals surface area contributed by atoms with Crippen molar-refractivity contribution in [3.63, 3.8) is 0 Å². The third-order valence-corrected chi connectivity index (χ3v) is 3.98. The predicted octanol–water partition coefficient (Wildman–Crippen LogP) is 1.67. The Bertz CT molecular complexity index is 811. The molecule has 26 heavy (non-hydrogen) atoms. The first-order valence-corrected chi connectivity index (χ1v) is 8.27. The van der Waals surface area contributed by atoms with Crippen LogP contribution in [0, 0.1) is 0 Å². The molecular formula is C18H16ClN3O4. The first kappa shape index (κ1) is 17.9. The molecule has 0 aromatic heterocycles. The van der Waals surface area contributed by atoms with E-state index in [2.05, 4.69) is 10.9 Å². The SMILES string of the molecule is O=C(COc1ccccc1)NN[C@@H]1CC(=O)N(c2ccc(Cl)cc2)C1=O. The van der Waals surface area contributed by atoms with Crippen LogP contribution in [0.5, 0.6) is 5.75 Å². The number of hydrazine groups is 1. The van der Waals surface area contributed by atoms with Crippen molar-refractivity contribution in [2.45, 2.75) is 12.5 Å². The summed E-state index contributed by atoms with van der Waals surface area (Å²) in [6.07, 6.45) is -0.0543. The number of amides is 3. The Labute approximate surface area is 154 Å². The Kier molecular flexibility index (Phi) is 5.50. The molecule has 0 bridgehead atoms. The van der Waals surface area contributed by atoms with E-state index in [0.717, 1.165) is 4.90 Å². The second-order valence-corrected chi connectivity index (χ2v) is 6.03. The molecule has 0 unspecified atom stereocenters. The number of imide groups is 1. The quantitative estimate of drug-likeness (QED) is 0.594. The number of carbonyl (C=O) groups excluding carboxylic acids is 3. The number of benzene rings is 2. The van der Waals surface area contributed by atoms with Gasteiger partial charge in [-0.3, -0.25) is 19.8 Å². The summed E-state index contributed by atoms with van der Waals surface area (Å²) in [5.74, 6) is -0.700. The van der Waals surface area contributed by atoms with Gasteiger partial charge in [-0.1, -0.05) is 29.8 Å². The minimum absolute atomic E-state index is 0.0543. The molecule has 0 saturated carbocycles. The summed E-state index contributed by atoms with van der Waals surface area (Å²) in [6.45, 7) is -0.216. The van der Waals surface area contributed by atoms with Crippen molar-refractivity contribution in [1.82, 2.24) is 10.9 Å². The fourth-order valence-corrected chi connectivity index (χ4v) is 2.60. The Morgan fingerprint density at radius 1 is 1.12 bits per heavy atom. The fraction of sp³-hybridized carbons (Fsp3) is 0.167. The number of halogens is 1. The standard InChI is InChI=1S/C18H16ClN3O4/c19-12-6-8-13(9-7-12)22-17(24)10-15(18(22)25)20-21-16(23)11-26-14-4-2-1-3-5-14/h1-9,15,20H,10-11H2,(H,21,23)/t15-/m1/s1. The van der Waals surface area contributed by atoms with Gasteiger partial charge in [0.15, 0.2) is 6.61 Å². The van der Waals surface area contributed by atoms with Crippen molar-refractivity contribution < 1.29 is 19.1 Å². The average Bonchev–Trinajstić information content (AvgIpc) is 2.93. The van der Waals surface area contributed by atoms with Gasteiger partial charge in [0.25, 0.3) is 11.8 Å². The van der Waals surface area contributed by atoms with Crippen LogP contribution in [0.25, 0.3) is 0 Å². The molecule has 1 heterocycles. The normalized spacial score (nSPS) is 16.7. The highest BCUT2D eigenvalue weighted by atomic mass is 35.5. The zero-order valence-electron chi connectivity index (χ0n) is 13.6. The van der Waals surface area contributed by atoms with E-state index in [9.17, 15) is 14.4 Å². The number of anilines is 1. The lowest BCUT2D eigenvalue weighted by Crippen LogP contribution is -2.49. The number of carbonyl (C=O) groups is 3. The molecule has 3 amide bonds. The number of rotatable bonds is 6. The van der Waals surface area contributed by atoms with E-state index in [1.54, 1.807) is 48.5 Å². The number of hydrogen-bond acceptors (Lipinski definition) is 5. The van der Waals surface area contributed by atoms with Crippen LogP contribution in [0.2, 0.25) is 5.02 Å². The van der Waals surface area contributed by atoms with E-state index < -0.39 is 17.9 Å². The van der Waals surface area contributed by atoms with Gasteiger partial charge in [0.05, 0.1) is 12.1 Å². The first-order valence-electron chi connectivity index (χ1n) is 7.89. The van der Waals surface area contributed by atoms with Crippen molar-refractivity contribution in [2.75, 3.05) is 11.5 Å². The van der Waals surface area contributed by atoms with Crippen LogP contribution in [0.15, 0.2) is 54.6 Å². The van der Waals surface area contributed by atoms with Gasteiger partial charge in [-0.05, 0) is 36.4 Å². The van der Waals surface area contributed by atoms with Crippen molar-refractivity contribution in [3.8, 4) is 5.75 Å². The number of hydrogen-bond donors (Lipinski definition) is 2. The number of nitrogens with one attached hydrogen (secondary N) is 2. The highest BCUT2D eigenvalue weighted by Gasteiger charge is 2.39. The second kappa shape index (κ2) is 7.99. The molecule has 1 atom stereocenters. The van der Waals surface area contributed by atoms with Crippen molar-refractivity contribution in [2.24, 2.45) is 0 Å². The molecule has 7 nitrogen and oxygen atoms in total. The lowest BCUT2D eigenvalue weighted by Gasteiger charge is -2.16. The maximum atomic E-state index is 12.4. The van der Waals surface area contributed by atoms with Crippen molar-refractivity contribution >= 4 is 35.0 Å². The highest BCUT2D eigenvalue weighted by molar-refractivity contribution is 6.30. The van der Waals surface area contributed by atoms with Gasteiger partial charge in [0.2, 0.25) is 5.91 Å². The minimum Gasteiger partial charge on any atom is -0.484 e. The average molecular weight is 374 g/mol. The van der Waals surface area contributed by atoms with Crippen molar-refractivity contribution in [3.05, 3.63) is 59.6 Å². The van der Waals surface area contributed by atoms with Gasteiger partial charge in [-0.15, -0.1) is 0 Å². The molecule has 2 N–H and O–H groups in total. The summed E-state index contributed by atoms with van der Waals surface area (Å²) < 4.78 is 5.31. The van der Waals surface area contributed by atoms with Gasteiger partial charge in [-0.25, -0.2) is 10.3 Å². The monoisotopic (exact) mass is 373 g/mol. The fourth-order valence-electron chi connectivity index (χ4n) is 2.48. The van der Waals surface area contributed by atoms with Crippen LogP contribution in [0.4, 0.5) is 5.69 Å². The number of ether oxygens (including phenoxy) is 1. The van der Waals surface area contributed by atoms with Crippen LogP contribution in [-0.2, 0) is 14.4 Å². The zero-order chi connectivity index (χ0) is 18.5. The summed E-state index contributed by atoms with van der Waals surface area (Å²) in [6, 6.07) is 14.4. The first-order chi connectivity index (χ1) is 12.5. The Hall–Kier alpha value is -2.90. The van der Waals surface area contributed by atoms with Gasteiger partial charge in [0.1, 0.15) is 11.8 Å². The third kappa shape index (κ3) is 4.19. The van der Waals surface area contributed by atoms with Crippen LogP contribution in [0.3, 0.4) is 0 Å². The summed E-state index contributed by atoms with van der Waals surface area (Å²) in [5, 5.41) is 0.508. The van der Waals surface area contributed by atoms with E-state index in [0.29, 0.717) is 16.5 Å². The Morgan fingerprint density at radius 2 is 1.81 bits per heavy atom. The molecule has 2 aromatic rings. The Morgan fingerprint density at radius 3 is 2.50 bits per heavy atom. The van der Waals surface area contributed by atoms with Gasteiger partial charge in [0, 0.05) is 5.02 Å². The van der Waals surface area contributed by atoms with Crippen LogP contribution < -0.4 is 20.5 Å². The molecule has 1 fully saturated rings. The molecule has 134 valence electrons. The molecule has 1 saturated heterocycles. The molecule has 0 aliphatic carbocycles. The largest absolute Gasteiger partial charge is 0.484 e. The Balaban J connectivity index is 1.52. The molecule has 1 aliphatic heterocycles. The van der Waals surface area contributed by atoms with E-state index in [4.69, 9.17) is 16.3 Å². The molecule has 0 radical (unpaired) electrons. The van der Waals surface area contributed by atoms with E-state index >= 15 is 0 Å². The van der Waals surface area contributed by atoms with E-state index in [-0.39, 0.29) is 18.9 Å². The van der Waals surface area contributed by atoms with Crippen LogP contribution in [-0.4, -0.2) is 30.4 Å². The molecule has 2 aromatic carbocycles. The second-order valence-electron chi connectivity index (χ2n) is 5.59. The van der Waals surface area contributed by atoms with Gasteiger partial charge < -0.3 is 4.74 Å². The zero-order valence-corrected chi connectivity index (χ0v) is 14.4. The maximum absolute atomic E-state index is 12.4. The summed E-state index contributed by atoms with van der Waals surface area (Å²) in [7, 11) is 0. The molecular weight excluding hydrogens is 358 g/mol. The van der Waals surface area contributed by atoms with Gasteiger partial charge >= 0.3 is 0 Å². The summed E-state index contributed by atoms with van der Waals surface area (Å²) in [5.41, 5.74) is 5.42. The van der Waals surface area contributed by atoms with Gasteiger partial charge in [-0.2, -0.15) is 0 Å². The molecule has 1 aliphatic rings. The summed E-state index contributed by atoms with van der Waals surface area (Å²) in [4.78, 5) is 37.4. The van der Waals surface area contributed by atoms with Crippen LogP contribution >= 0.6 is 11.6 Å². The van der Waals surface area contributed by atoms with Crippen LogP contribution in [0.1, 0.15) is 6.42 Å². The lowest BCUT2D eigenvalue weighted by atomic mass is 10.2. The molecule has 0 spiro atoms. The highest BCUT2D eigenvalue weighted by Crippen LogP contribution is 2.24. The number of nitrogens with zero attached hydrogens (tertiary/aromatic N) is 1. The topological polar surface area (TPSA) is 87.7 Å². The third-order valence-electron chi connectivity index (χ3n) is 3.73. The molecule has 8 heteroatoms. The number of para-hydroxylation sites is 1. The smallest absolute Gasteiger partial charge is 0.272 e. The van der Waals surface area contributed by atoms with Crippen molar-refractivity contribution in [1.29, 1.82) is 0 Å². The predicted molar refractivity (Wildman–Crippen MR) is 95.6 cm³/mol. The summed E-state index contributed by atoms with van der Waals surface area (Å²) >= 11 is 5.82. The molecule has 3 rings (SSSR count). The van der Waals surface area contributed by atoms with E-state index in [1.807, 2.05) is 6.07 Å². The minimum atomic E-state index is -0.834. The lowest BCUT2D eigenvalue weighted by molar-refractivity contribution is -0.125.